The van der Waals surface area contributed by atoms with E-state index in [1.807, 2.05) is 19.9 Å². The van der Waals surface area contributed by atoms with Crippen LogP contribution < -0.4 is 0 Å². The first kappa shape index (κ1) is 12.7. The minimum absolute atomic E-state index is 0.104. The van der Waals surface area contributed by atoms with Gasteiger partial charge in [-0.2, -0.15) is 0 Å². The second-order valence-corrected chi connectivity index (χ2v) is 6.67. The van der Waals surface area contributed by atoms with E-state index in [4.69, 9.17) is 16.0 Å². The number of carbonyl (C=O) groups is 1. The Morgan fingerprint density at radius 2 is 2.24 bits per heavy atom. The van der Waals surface area contributed by atoms with Gasteiger partial charge < -0.3 is 4.42 Å². The van der Waals surface area contributed by atoms with Crippen molar-refractivity contribution in [2.45, 2.75) is 24.0 Å². The van der Waals surface area contributed by atoms with Crippen molar-refractivity contribution in [3.05, 3.63) is 39.4 Å². The van der Waals surface area contributed by atoms with Gasteiger partial charge in [0.2, 0.25) is 0 Å². The van der Waals surface area contributed by atoms with E-state index >= 15 is 0 Å². The van der Waals surface area contributed by atoms with Crippen LogP contribution in [0.4, 0.5) is 0 Å². The maximum Gasteiger partial charge on any atom is 0.185 e. The summed E-state index contributed by atoms with van der Waals surface area (Å²) < 4.78 is 5.85. The lowest BCUT2D eigenvalue weighted by molar-refractivity contribution is 0.0998. The summed E-state index contributed by atoms with van der Waals surface area (Å²) in [6.07, 6.45) is 1.64. The molecule has 0 fully saturated rings. The van der Waals surface area contributed by atoms with Gasteiger partial charge in [-0.15, -0.1) is 23.1 Å². The number of Topliss-reactive ketones (excluding diaryl/α,β-unsaturated/α-hetero) is 1. The van der Waals surface area contributed by atoms with Crippen molar-refractivity contribution in [2.75, 3.05) is 0 Å². The molecule has 2 aromatic heterocycles. The Morgan fingerprint density at radius 1 is 1.47 bits per heavy atom. The number of hydrogen-bond acceptors (Lipinski definition) is 4. The molecule has 0 aliphatic heterocycles. The molecule has 2 nitrogen and oxygen atoms in total. The Labute approximate surface area is 113 Å². The molecule has 0 spiro atoms. The summed E-state index contributed by atoms with van der Waals surface area (Å²) >= 11 is 8.65. The number of carbonyl (C=O) groups excluding carboxylic acids is 1. The van der Waals surface area contributed by atoms with Gasteiger partial charge in [-0.1, -0.05) is 11.6 Å². The highest BCUT2D eigenvalue weighted by Gasteiger charge is 2.19. The van der Waals surface area contributed by atoms with E-state index in [9.17, 15) is 4.79 Å². The second-order valence-electron chi connectivity index (χ2n) is 3.57. The van der Waals surface area contributed by atoms with Gasteiger partial charge in [0.05, 0.1) is 20.7 Å². The lowest BCUT2D eigenvalue weighted by atomic mass is 10.2. The molecular formula is C12H11ClO2S2. The van der Waals surface area contributed by atoms with Gasteiger partial charge in [-0.3, -0.25) is 4.79 Å². The minimum Gasteiger partial charge on any atom is -0.468 e. The number of hydrogen-bond donors (Lipinski definition) is 0. The van der Waals surface area contributed by atoms with E-state index in [2.05, 4.69) is 0 Å². The highest BCUT2D eigenvalue weighted by Crippen LogP contribution is 2.31. The zero-order valence-corrected chi connectivity index (χ0v) is 11.8. The number of halogens is 1. The van der Waals surface area contributed by atoms with Crippen molar-refractivity contribution >= 4 is 40.5 Å². The van der Waals surface area contributed by atoms with Crippen LogP contribution in [0.2, 0.25) is 4.34 Å². The summed E-state index contributed by atoms with van der Waals surface area (Å²) in [5.41, 5.74) is 0. The van der Waals surface area contributed by atoms with Gasteiger partial charge in [0, 0.05) is 4.90 Å². The Balaban J connectivity index is 2.08. The van der Waals surface area contributed by atoms with Gasteiger partial charge in [-0.25, -0.2) is 0 Å². The van der Waals surface area contributed by atoms with E-state index in [0.29, 0.717) is 9.21 Å². The molecule has 0 amide bonds. The molecule has 0 bridgehead atoms. The number of thiophene rings is 1. The maximum absolute atomic E-state index is 12.1. The number of ketones is 1. The zero-order valence-electron chi connectivity index (χ0n) is 9.40. The van der Waals surface area contributed by atoms with Crippen LogP contribution >= 0.6 is 34.7 Å². The largest absolute Gasteiger partial charge is 0.468 e. The van der Waals surface area contributed by atoms with Gasteiger partial charge in [0.1, 0.15) is 5.76 Å². The Morgan fingerprint density at radius 3 is 2.76 bits per heavy atom. The fourth-order valence-corrected chi connectivity index (χ4v) is 3.50. The quantitative estimate of drug-likeness (QED) is 0.604. The first-order chi connectivity index (χ1) is 8.08. The molecule has 0 saturated heterocycles. The smallest absolute Gasteiger partial charge is 0.185 e. The summed E-state index contributed by atoms with van der Waals surface area (Å²) in [6.45, 7) is 3.79. The van der Waals surface area contributed by atoms with E-state index in [1.54, 1.807) is 18.4 Å². The van der Waals surface area contributed by atoms with Crippen LogP contribution in [0.15, 0.2) is 33.8 Å². The van der Waals surface area contributed by atoms with Crippen LogP contribution in [0.1, 0.15) is 22.4 Å². The molecule has 0 saturated carbocycles. The zero-order chi connectivity index (χ0) is 12.4. The monoisotopic (exact) mass is 286 g/mol. The van der Waals surface area contributed by atoms with Crippen LogP contribution in [0.3, 0.4) is 0 Å². The van der Waals surface area contributed by atoms with E-state index in [1.165, 1.54) is 23.1 Å². The first-order valence-corrected chi connectivity index (χ1v) is 7.15. The van der Waals surface area contributed by atoms with Gasteiger partial charge in [0.25, 0.3) is 0 Å². The normalized spacial score (nSPS) is 12.6. The Hall–Kier alpha value is -0.710. The molecule has 0 aliphatic carbocycles. The standard InChI is InChI=1S/C12H11ClO2S2/c1-7-9(5-6-15-7)16-8(2)12(14)10-3-4-11(13)17-10/h3-6,8H,1-2H3. The predicted molar refractivity (Wildman–Crippen MR) is 72.4 cm³/mol. The van der Waals surface area contributed by atoms with Crippen molar-refractivity contribution in [2.24, 2.45) is 0 Å². The SMILES string of the molecule is Cc1occc1SC(C)C(=O)c1ccc(Cl)s1. The van der Waals surface area contributed by atoms with Crippen LogP contribution in [-0.4, -0.2) is 11.0 Å². The van der Waals surface area contributed by atoms with Crippen molar-refractivity contribution in [1.82, 2.24) is 0 Å². The molecule has 90 valence electrons. The molecule has 1 atom stereocenters. The van der Waals surface area contributed by atoms with E-state index in [-0.39, 0.29) is 11.0 Å². The molecule has 0 aliphatic rings. The van der Waals surface area contributed by atoms with Gasteiger partial charge in [0.15, 0.2) is 5.78 Å². The van der Waals surface area contributed by atoms with Crippen molar-refractivity contribution in [1.29, 1.82) is 0 Å². The molecule has 17 heavy (non-hydrogen) atoms. The number of aryl methyl sites for hydroxylation is 1. The fourth-order valence-electron chi connectivity index (χ4n) is 1.39. The topological polar surface area (TPSA) is 30.2 Å². The molecule has 2 aromatic rings. The highest BCUT2D eigenvalue weighted by molar-refractivity contribution is 8.00. The lowest BCUT2D eigenvalue weighted by Gasteiger charge is -2.07. The average molecular weight is 287 g/mol. The third-order valence-corrected chi connectivity index (χ3v) is 4.79. The van der Waals surface area contributed by atoms with Crippen LogP contribution in [-0.2, 0) is 0 Å². The maximum atomic E-state index is 12.1. The van der Waals surface area contributed by atoms with Crippen molar-refractivity contribution < 1.29 is 9.21 Å². The molecule has 2 rings (SSSR count). The Kier molecular flexibility index (Phi) is 3.97. The van der Waals surface area contributed by atoms with Crippen LogP contribution in [0.5, 0.6) is 0 Å². The summed E-state index contributed by atoms with van der Waals surface area (Å²) in [6, 6.07) is 5.40. The summed E-state index contributed by atoms with van der Waals surface area (Å²) in [5, 5.41) is -0.138. The molecular weight excluding hydrogens is 276 g/mol. The first-order valence-electron chi connectivity index (χ1n) is 5.08. The van der Waals surface area contributed by atoms with Crippen molar-refractivity contribution in [3.8, 4) is 0 Å². The molecule has 5 heteroatoms. The Bertz CT molecular complexity index is 530. The molecule has 0 aromatic carbocycles. The third-order valence-electron chi connectivity index (χ3n) is 2.30. The predicted octanol–water partition coefficient (Wildman–Crippen LogP) is 4.67. The molecule has 0 N–H and O–H groups in total. The number of thioether (sulfide) groups is 1. The van der Waals surface area contributed by atoms with Gasteiger partial charge >= 0.3 is 0 Å². The third kappa shape index (κ3) is 2.94. The molecule has 2 heterocycles. The van der Waals surface area contributed by atoms with Crippen molar-refractivity contribution in [3.63, 3.8) is 0 Å². The average Bonchev–Trinajstić information content (AvgIpc) is 2.88. The van der Waals surface area contributed by atoms with E-state index < -0.39 is 0 Å². The molecule has 0 radical (unpaired) electrons. The lowest BCUT2D eigenvalue weighted by Crippen LogP contribution is -2.11. The fraction of sp³-hybridized carbons (Fsp3) is 0.250. The second kappa shape index (κ2) is 5.29. The van der Waals surface area contributed by atoms with Crippen LogP contribution in [0, 0.1) is 6.92 Å². The molecule has 1 unspecified atom stereocenters. The summed E-state index contributed by atoms with van der Waals surface area (Å²) in [4.78, 5) is 13.8. The highest BCUT2D eigenvalue weighted by atomic mass is 35.5. The minimum atomic E-state index is -0.138. The summed E-state index contributed by atoms with van der Waals surface area (Å²) in [7, 11) is 0. The number of rotatable bonds is 4. The van der Waals surface area contributed by atoms with E-state index in [0.717, 1.165) is 10.7 Å². The number of furan rings is 1. The summed E-state index contributed by atoms with van der Waals surface area (Å²) in [5.74, 6) is 0.950. The van der Waals surface area contributed by atoms with Gasteiger partial charge in [-0.05, 0) is 32.0 Å². The van der Waals surface area contributed by atoms with Crippen LogP contribution in [0.25, 0.3) is 0 Å².